The number of anilines is 1. The van der Waals surface area contributed by atoms with Crippen LogP contribution >= 0.6 is 0 Å². The van der Waals surface area contributed by atoms with Gasteiger partial charge in [-0.15, -0.1) is 0 Å². The molecular formula is C16H25FN2O. The van der Waals surface area contributed by atoms with E-state index in [1.807, 2.05) is 6.07 Å². The second-order valence-electron chi connectivity index (χ2n) is 5.38. The Balaban J connectivity index is 2.24. The summed E-state index contributed by atoms with van der Waals surface area (Å²) in [5, 5.41) is 12.4. The number of aliphatic hydroxyl groups excluding tert-OH is 1. The van der Waals surface area contributed by atoms with E-state index in [2.05, 4.69) is 17.1 Å². The quantitative estimate of drug-likeness (QED) is 0.768. The molecule has 0 saturated heterocycles. The summed E-state index contributed by atoms with van der Waals surface area (Å²) in [6, 6.07) is 5.73. The number of hydrogen-bond donors (Lipinski definition) is 2. The summed E-state index contributed by atoms with van der Waals surface area (Å²) in [5.41, 5.74) is 1.74. The minimum atomic E-state index is -0.148. The molecule has 0 bridgehead atoms. The van der Waals surface area contributed by atoms with Crippen molar-refractivity contribution in [1.29, 1.82) is 0 Å². The van der Waals surface area contributed by atoms with Gasteiger partial charge < -0.3 is 15.3 Å². The van der Waals surface area contributed by atoms with Crippen molar-refractivity contribution in [1.82, 2.24) is 5.32 Å². The van der Waals surface area contributed by atoms with Crippen LogP contribution in [0.3, 0.4) is 0 Å². The number of aliphatic hydroxyl groups is 1. The monoisotopic (exact) mass is 280 g/mol. The highest BCUT2D eigenvalue weighted by Gasteiger charge is 2.28. The topological polar surface area (TPSA) is 35.5 Å². The van der Waals surface area contributed by atoms with Gasteiger partial charge in [-0.25, -0.2) is 4.39 Å². The number of benzene rings is 1. The lowest BCUT2D eigenvalue weighted by Gasteiger charge is -2.40. The van der Waals surface area contributed by atoms with Gasteiger partial charge in [-0.3, -0.25) is 0 Å². The summed E-state index contributed by atoms with van der Waals surface area (Å²) in [4.78, 5) is 2.17. The van der Waals surface area contributed by atoms with Crippen LogP contribution < -0.4 is 10.2 Å². The molecule has 0 radical (unpaired) electrons. The van der Waals surface area contributed by atoms with E-state index in [1.165, 1.54) is 12.5 Å². The van der Waals surface area contributed by atoms with Crippen LogP contribution in [0.15, 0.2) is 18.2 Å². The third kappa shape index (κ3) is 3.49. The van der Waals surface area contributed by atoms with Crippen LogP contribution in [0.25, 0.3) is 0 Å². The number of hydrogen-bond acceptors (Lipinski definition) is 3. The van der Waals surface area contributed by atoms with Crippen molar-refractivity contribution >= 4 is 5.69 Å². The molecular weight excluding hydrogens is 255 g/mol. The average Bonchev–Trinajstić information content (AvgIpc) is 2.39. The molecule has 2 N–H and O–H groups in total. The molecule has 0 amide bonds. The maximum absolute atomic E-state index is 14.3. The highest BCUT2D eigenvalue weighted by molar-refractivity contribution is 5.56. The fourth-order valence-corrected chi connectivity index (χ4v) is 2.70. The molecule has 20 heavy (non-hydrogen) atoms. The third-order valence-electron chi connectivity index (χ3n) is 4.00. The van der Waals surface area contributed by atoms with E-state index in [0.29, 0.717) is 19.0 Å². The molecule has 1 aliphatic carbocycles. The Bertz CT molecular complexity index is 421. The number of nitrogens with zero attached hydrogens (tertiary/aromatic N) is 1. The lowest BCUT2D eigenvalue weighted by Crippen LogP contribution is -2.42. The van der Waals surface area contributed by atoms with E-state index in [0.717, 1.165) is 37.2 Å². The SMILES string of the molecule is CCNCc1cccc(F)c1N(CCCO)C1CCC1. The number of nitrogens with one attached hydrogen (secondary N) is 1. The zero-order valence-electron chi connectivity index (χ0n) is 12.2. The van der Waals surface area contributed by atoms with Crippen molar-refractivity contribution in [3.63, 3.8) is 0 Å². The lowest BCUT2D eigenvalue weighted by atomic mass is 9.90. The van der Waals surface area contributed by atoms with E-state index in [4.69, 9.17) is 5.11 Å². The molecule has 0 aromatic heterocycles. The summed E-state index contributed by atoms with van der Waals surface area (Å²) >= 11 is 0. The van der Waals surface area contributed by atoms with Crippen molar-refractivity contribution in [2.24, 2.45) is 0 Å². The van der Waals surface area contributed by atoms with Gasteiger partial charge in [-0.05, 0) is 43.9 Å². The number of para-hydroxylation sites is 1. The predicted molar refractivity (Wildman–Crippen MR) is 80.5 cm³/mol. The van der Waals surface area contributed by atoms with E-state index < -0.39 is 0 Å². The first-order valence-electron chi connectivity index (χ1n) is 7.63. The maximum Gasteiger partial charge on any atom is 0.146 e. The van der Waals surface area contributed by atoms with E-state index >= 15 is 0 Å². The van der Waals surface area contributed by atoms with Crippen LogP contribution in [0.4, 0.5) is 10.1 Å². The van der Waals surface area contributed by atoms with Crippen LogP contribution in [-0.2, 0) is 6.54 Å². The molecule has 1 aliphatic rings. The third-order valence-corrected chi connectivity index (χ3v) is 4.00. The van der Waals surface area contributed by atoms with Crippen molar-refractivity contribution < 1.29 is 9.50 Å². The molecule has 1 aromatic carbocycles. The minimum Gasteiger partial charge on any atom is -0.396 e. The van der Waals surface area contributed by atoms with Crippen LogP contribution in [0.5, 0.6) is 0 Å². The van der Waals surface area contributed by atoms with Gasteiger partial charge in [-0.1, -0.05) is 19.1 Å². The zero-order chi connectivity index (χ0) is 14.4. The summed E-state index contributed by atoms with van der Waals surface area (Å²) < 4.78 is 14.3. The van der Waals surface area contributed by atoms with Gasteiger partial charge in [0.25, 0.3) is 0 Å². The Labute approximate surface area is 120 Å². The van der Waals surface area contributed by atoms with Gasteiger partial charge in [0, 0.05) is 25.7 Å². The molecule has 2 rings (SSSR count). The van der Waals surface area contributed by atoms with Crippen LogP contribution in [0, 0.1) is 5.82 Å². The zero-order valence-corrected chi connectivity index (χ0v) is 12.2. The minimum absolute atomic E-state index is 0.148. The predicted octanol–water partition coefficient (Wildman–Crippen LogP) is 2.68. The van der Waals surface area contributed by atoms with Crippen LogP contribution in [-0.4, -0.2) is 30.8 Å². The Hall–Kier alpha value is -1.13. The summed E-state index contributed by atoms with van der Waals surface area (Å²) in [6.45, 7) is 4.48. The van der Waals surface area contributed by atoms with Crippen LogP contribution in [0.1, 0.15) is 38.2 Å². The molecule has 0 aliphatic heterocycles. The smallest absolute Gasteiger partial charge is 0.146 e. The highest BCUT2D eigenvalue weighted by Crippen LogP contribution is 2.33. The Morgan fingerprint density at radius 3 is 2.80 bits per heavy atom. The maximum atomic E-state index is 14.3. The summed E-state index contributed by atoms with van der Waals surface area (Å²) in [7, 11) is 0. The fraction of sp³-hybridized carbons (Fsp3) is 0.625. The van der Waals surface area contributed by atoms with Gasteiger partial charge in [0.15, 0.2) is 0 Å². The van der Waals surface area contributed by atoms with Crippen molar-refractivity contribution in [3.05, 3.63) is 29.6 Å². The largest absolute Gasteiger partial charge is 0.396 e. The first-order valence-corrected chi connectivity index (χ1v) is 7.63. The first kappa shape index (κ1) is 15.3. The van der Waals surface area contributed by atoms with E-state index in [1.54, 1.807) is 6.07 Å². The Morgan fingerprint density at radius 1 is 1.40 bits per heavy atom. The van der Waals surface area contributed by atoms with Gasteiger partial charge in [0.2, 0.25) is 0 Å². The Morgan fingerprint density at radius 2 is 2.20 bits per heavy atom. The second kappa shape index (κ2) is 7.60. The number of rotatable bonds is 8. The molecule has 0 heterocycles. The van der Waals surface area contributed by atoms with Gasteiger partial charge in [0.1, 0.15) is 5.82 Å². The van der Waals surface area contributed by atoms with Gasteiger partial charge in [0.05, 0.1) is 5.69 Å². The van der Waals surface area contributed by atoms with Crippen LogP contribution in [0.2, 0.25) is 0 Å². The average molecular weight is 280 g/mol. The van der Waals surface area contributed by atoms with E-state index in [-0.39, 0.29) is 12.4 Å². The molecule has 112 valence electrons. The van der Waals surface area contributed by atoms with Crippen molar-refractivity contribution in [2.75, 3.05) is 24.6 Å². The van der Waals surface area contributed by atoms with Crippen molar-refractivity contribution in [3.8, 4) is 0 Å². The first-order chi connectivity index (χ1) is 9.77. The fourth-order valence-electron chi connectivity index (χ4n) is 2.70. The second-order valence-corrected chi connectivity index (χ2v) is 5.38. The summed E-state index contributed by atoms with van der Waals surface area (Å²) in [6.07, 6.45) is 4.16. The standard InChI is InChI=1S/C16H25FN2O/c1-2-18-12-13-6-3-9-15(17)16(13)19(10-5-11-20)14-7-4-8-14/h3,6,9,14,18,20H,2,4-5,7-8,10-12H2,1H3. The molecule has 1 fully saturated rings. The van der Waals surface area contributed by atoms with Crippen molar-refractivity contribution in [2.45, 2.75) is 45.2 Å². The normalized spacial score (nSPS) is 15.2. The number of halogens is 1. The van der Waals surface area contributed by atoms with Gasteiger partial charge in [-0.2, -0.15) is 0 Å². The molecule has 0 unspecified atom stereocenters. The van der Waals surface area contributed by atoms with Gasteiger partial charge >= 0.3 is 0 Å². The summed E-state index contributed by atoms with van der Waals surface area (Å²) in [5.74, 6) is -0.148. The molecule has 0 atom stereocenters. The molecule has 1 saturated carbocycles. The Kier molecular flexibility index (Phi) is 5.80. The molecule has 1 aromatic rings. The lowest BCUT2D eigenvalue weighted by molar-refractivity contribution is 0.282. The highest BCUT2D eigenvalue weighted by atomic mass is 19.1. The molecule has 3 nitrogen and oxygen atoms in total. The molecule has 0 spiro atoms. The van der Waals surface area contributed by atoms with E-state index in [9.17, 15) is 4.39 Å². The molecule has 4 heteroatoms.